The van der Waals surface area contributed by atoms with Crippen LogP contribution < -0.4 is 15.4 Å². The number of anilines is 1. The van der Waals surface area contributed by atoms with Gasteiger partial charge in [-0.05, 0) is 24.2 Å². The predicted molar refractivity (Wildman–Crippen MR) is 89.3 cm³/mol. The van der Waals surface area contributed by atoms with Crippen molar-refractivity contribution in [1.29, 1.82) is 0 Å². The van der Waals surface area contributed by atoms with Gasteiger partial charge in [0.15, 0.2) is 0 Å². The molecule has 4 nitrogen and oxygen atoms in total. The van der Waals surface area contributed by atoms with Crippen LogP contribution >= 0.6 is 0 Å². The van der Waals surface area contributed by atoms with Gasteiger partial charge in [-0.2, -0.15) is 0 Å². The summed E-state index contributed by atoms with van der Waals surface area (Å²) in [6.45, 7) is 3.67. The summed E-state index contributed by atoms with van der Waals surface area (Å²) in [7, 11) is 0. The lowest BCUT2D eigenvalue weighted by atomic mass is 10.2. The van der Waals surface area contributed by atoms with Crippen molar-refractivity contribution >= 4 is 11.6 Å². The van der Waals surface area contributed by atoms with E-state index in [-0.39, 0.29) is 5.91 Å². The lowest BCUT2D eigenvalue weighted by Crippen LogP contribution is -2.27. The van der Waals surface area contributed by atoms with E-state index >= 15 is 0 Å². The molecule has 2 N–H and O–H groups in total. The van der Waals surface area contributed by atoms with Gasteiger partial charge >= 0.3 is 0 Å². The zero-order valence-electron chi connectivity index (χ0n) is 12.8. The van der Waals surface area contributed by atoms with Crippen LogP contribution in [-0.2, 0) is 11.2 Å². The quantitative estimate of drug-likeness (QED) is 0.788. The fourth-order valence-electron chi connectivity index (χ4n) is 2.04. The molecule has 0 aromatic heterocycles. The molecule has 0 unspecified atom stereocenters. The largest absolute Gasteiger partial charge is 0.493 e. The minimum atomic E-state index is -0.0525. The van der Waals surface area contributed by atoms with Crippen LogP contribution in [0.4, 0.5) is 5.69 Å². The molecule has 0 spiro atoms. The van der Waals surface area contributed by atoms with E-state index in [1.807, 2.05) is 49.4 Å². The fraction of sp³-hybridized carbons (Fsp3) is 0.278. The van der Waals surface area contributed by atoms with Crippen molar-refractivity contribution in [2.45, 2.75) is 13.3 Å². The van der Waals surface area contributed by atoms with Crippen LogP contribution in [0.1, 0.15) is 12.5 Å². The topological polar surface area (TPSA) is 50.4 Å². The molecule has 2 aromatic carbocycles. The van der Waals surface area contributed by atoms with Gasteiger partial charge in [-0.25, -0.2) is 0 Å². The number of rotatable bonds is 8. The Kier molecular flexibility index (Phi) is 6.45. The number of ether oxygens (including phenoxy) is 1. The molecule has 0 radical (unpaired) electrons. The first-order valence-electron chi connectivity index (χ1n) is 7.55. The Morgan fingerprint density at radius 3 is 2.68 bits per heavy atom. The molecule has 1 amide bonds. The molecule has 0 heterocycles. The highest BCUT2D eigenvalue weighted by molar-refractivity contribution is 5.92. The number of hydrogen-bond acceptors (Lipinski definition) is 3. The standard InChI is InChI=1S/C18H22N2O2/c1-2-19-14-18(21)20-16-9-6-10-17(13-16)22-12-11-15-7-4-3-5-8-15/h3-10,13,19H,2,11-12,14H2,1H3,(H,20,21). The van der Waals surface area contributed by atoms with Gasteiger partial charge in [0, 0.05) is 18.2 Å². The normalized spacial score (nSPS) is 10.2. The fourth-order valence-corrected chi connectivity index (χ4v) is 2.04. The molecule has 2 aromatic rings. The molecule has 0 saturated heterocycles. The summed E-state index contributed by atoms with van der Waals surface area (Å²) in [5, 5.41) is 5.84. The van der Waals surface area contributed by atoms with E-state index in [2.05, 4.69) is 22.8 Å². The summed E-state index contributed by atoms with van der Waals surface area (Å²) < 4.78 is 5.75. The van der Waals surface area contributed by atoms with E-state index < -0.39 is 0 Å². The molecule has 0 aliphatic carbocycles. The minimum absolute atomic E-state index is 0.0525. The summed E-state index contributed by atoms with van der Waals surface area (Å²) in [5.74, 6) is 0.709. The van der Waals surface area contributed by atoms with E-state index in [1.54, 1.807) is 0 Å². The zero-order valence-corrected chi connectivity index (χ0v) is 12.8. The monoisotopic (exact) mass is 298 g/mol. The lowest BCUT2D eigenvalue weighted by molar-refractivity contribution is -0.115. The van der Waals surface area contributed by atoms with Gasteiger partial charge in [-0.15, -0.1) is 0 Å². The SMILES string of the molecule is CCNCC(=O)Nc1cccc(OCCc2ccccc2)c1. The highest BCUT2D eigenvalue weighted by Crippen LogP contribution is 2.17. The Labute approximate surface area is 131 Å². The van der Waals surface area contributed by atoms with Gasteiger partial charge in [-0.3, -0.25) is 4.79 Å². The number of carbonyl (C=O) groups excluding carboxylic acids is 1. The maximum atomic E-state index is 11.7. The molecule has 0 saturated carbocycles. The molecular weight excluding hydrogens is 276 g/mol. The Balaban J connectivity index is 1.82. The number of carbonyl (C=O) groups is 1. The third kappa shape index (κ3) is 5.58. The summed E-state index contributed by atoms with van der Waals surface area (Å²) in [6, 6.07) is 17.7. The maximum absolute atomic E-state index is 11.7. The van der Waals surface area contributed by atoms with Crippen LogP contribution in [-0.4, -0.2) is 25.6 Å². The number of benzene rings is 2. The molecule has 4 heteroatoms. The van der Waals surface area contributed by atoms with Crippen LogP contribution in [0.2, 0.25) is 0 Å². The molecule has 0 fully saturated rings. The third-order valence-electron chi connectivity index (χ3n) is 3.16. The molecule has 22 heavy (non-hydrogen) atoms. The molecule has 0 aliphatic heterocycles. The van der Waals surface area contributed by atoms with E-state index in [4.69, 9.17) is 4.74 Å². The van der Waals surface area contributed by atoms with Gasteiger partial charge in [0.1, 0.15) is 5.75 Å². The van der Waals surface area contributed by atoms with E-state index in [9.17, 15) is 4.79 Å². The first kappa shape index (κ1) is 16.0. The molecule has 0 bridgehead atoms. The molecule has 116 valence electrons. The van der Waals surface area contributed by atoms with E-state index in [0.29, 0.717) is 13.2 Å². The Bertz CT molecular complexity index is 585. The average Bonchev–Trinajstić information content (AvgIpc) is 2.54. The van der Waals surface area contributed by atoms with Gasteiger partial charge in [-0.1, -0.05) is 43.3 Å². The second kappa shape index (κ2) is 8.85. The number of nitrogens with one attached hydrogen (secondary N) is 2. The highest BCUT2D eigenvalue weighted by Gasteiger charge is 2.02. The van der Waals surface area contributed by atoms with Gasteiger partial charge < -0.3 is 15.4 Å². The van der Waals surface area contributed by atoms with Gasteiger partial charge in [0.05, 0.1) is 13.2 Å². The van der Waals surface area contributed by atoms with Crippen LogP contribution in [0, 0.1) is 0 Å². The van der Waals surface area contributed by atoms with Gasteiger partial charge in [0.2, 0.25) is 5.91 Å². The van der Waals surface area contributed by atoms with E-state index in [0.717, 1.165) is 24.4 Å². The van der Waals surface area contributed by atoms with Crippen molar-refractivity contribution < 1.29 is 9.53 Å². The smallest absolute Gasteiger partial charge is 0.238 e. The van der Waals surface area contributed by atoms with Crippen molar-refractivity contribution in [3.8, 4) is 5.75 Å². The average molecular weight is 298 g/mol. The first-order valence-corrected chi connectivity index (χ1v) is 7.55. The second-order valence-electron chi connectivity index (χ2n) is 4.94. The van der Waals surface area contributed by atoms with Crippen LogP contribution in [0.3, 0.4) is 0 Å². The van der Waals surface area contributed by atoms with Crippen LogP contribution in [0.15, 0.2) is 54.6 Å². The zero-order chi connectivity index (χ0) is 15.6. The summed E-state index contributed by atoms with van der Waals surface area (Å²) in [6.07, 6.45) is 0.859. The van der Waals surface area contributed by atoms with Crippen molar-refractivity contribution in [2.75, 3.05) is 25.0 Å². The summed E-state index contributed by atoms with van der Waals surface area (Å²) in [5.41, 5.74) is 2.00. The van der Waals surface area contributed by atoms with Crippen molar-refractivity contribution in [1.82, 2.24) is 5.32 Å². The van der Waals surface area contributed by atoms with E-state index in [1.165, 1.54) is 5.56 Å². The van der Waals surface area contributed by atoms with Crippen LogP contribution in [0.5, 0.6) is 5.75 Å². The number of amides is 1. The highest BCUT2D eigenvalue weighted by atomic mass is 16.5. The Morgan fingerprint density at radius 1 is 1.09 bits per heavy atom. The Morgan fingerprint density at radius 2 is 1.91 bits per heavy atom. The second-order valence-corrected chi connectivity index (χ2v) is 4.94. The predicted octanol–water partition coefficient (Wildman–Crippen LogP) is 2.86. The first-order chi connectivity index (χ1) is 10.8. The maximum Gasteiger partial charge on any atom is 0.238 e. The lowest BCUT2D eigenvalue weighted by Gasteiger charge is -2.09. The molecule has 2 rings (SSSR count). The van der Waals surface area contributed by atoms with Crippen LogP contribution in [0.25, 0.3) is 0 Å². The number of hydrogen-bond donors (Lipinski definition) is 2. The summed E-state index contributed by atoms with van der Waals surface area (Å²) >= 11 is 0. The number of likely N-dealkylation sites (N-methyl/N-ethyl adjacent to an activating group) is 1. The molecular formula is C18H22N2O2. The summed E-state index contributed by atoms with van der Waals surface area (Å²) in [4.78, 5) is 11.7. The molecule has 0 aliphatic rings. The van der Waals surface area contributed by atoms with Crippen molar-refractivity contribution in [2.24, 2.45) is 0 Å². The van der Waals surface area contributed by atoms with Gasteiger partial charge in [0.25, 0.3) is 0 Å². The Hall–Kier alpha value is -2.33. The van der Waals surface area contributed by atoms with Crippen molar-refractivity contribution in [3.63, 3.8) is 0 Å². The third-order valence-corrected chi connectivity index (χ3v) is 3.16. The van der Waals surface area contributed by atoms with Crippen molar-refractivity contribution in [3.05, 3.63) is 60.2 Å². The minimum Gasteiger partial charge on any atom is -0.493 e. The molecule has 0 atom stereocenters.